The number of carbonyl (C=O) groups is 1. The van der Waals surface area contributed by atoms with Gasteiger partial charge >= 0.3 is 0 Å². The number of H-pyrrole nitrogens is 1. The third-order valence-electron chi connectivity index (χ3n) is 6.30. The molecule has 1 N–H and O–H groups in total. The number of carbonyl (C=O) groups excluding carboxylic acids is 1. The molecule has 7 nitrogen and oxygen atoms in total. The van der Waals surface area contributed by atoms with Crippen LogP contribution in [-0.2, 0) is 19.5 Å². The number of pyridine rings is 1. The molecule has 1 amide bonds. The van der Waals surface area contributed by atoms with E-state index in [-0.39, 0.29) is 17.5 Å². The zero-order chi connectivity index (χ0) is 21.4. The average Bonchev–Trinajstić information content (AvgIpc) is 3.42. The molecule has 0 radical (unpaired) electrons. The van der Waals surface area contributed by atoms with Gasteiger partial charge in [0.2, 0.25) is 0 Å². The molecule has 160 valence electrons. The normalized spacial score (nSPS) is 18.9. The second-order valence-electron chi connectivity index (χ2n) is 8.24. The minimum atomic E-state index is -0.0600. The first-order valence-electron chi connectivity index (χ1n) is 10.7. The minimum Gasteiger partial charge on any atom is -0.332 e. The summed E-state index contributed by atoms with van der Waals surface area (Å²) in [5.41, 5.74) is 3.30. The summed E-state index contributed by atoms with van der Waals surface area (Å²) in [6, 6.07) is 5.69. The first-order chi connectivity index (χ1) is 15.1. The van der Waals surface area contributed by atoms with E-state index in [1.165, 1.54) is 10.4 Å². The summed E-state index contributed by atoms with van der Waals surface area (Å²) in [6.07, 6.45) is 5.83. The topological polar surface area (TPSA) is 82.2 Å². The highest BCUT2D eigenvalue weighted by atomic mass is 32.1. The minimum absolute atomic E-state index is 0.0488. The fourth-order valence-corrected chi connectivity index (χ4v) is 5.47. The van der Waals surface area contributed by atoms with Crippen LogP contribution in [0.3, 0.4) is 0 Å². The zero-order valence-electron chi connectivity index (χ0n) is 17.5. The Hall–Kier alpha value is -2.84. The molecule has 5 heterocycles. The van der Waals surface area contributed by atoms with E-state index in [9.17, 15) is 9.59 Å². The third-order valence-corrected chi connectivity index (χ3v) is 7.31. The summed E-state index contributed by atoms with van der Waals surface area (Å²) >= 11 is 1.78. The number of aryl methyl sites for hydroxylation is 1. The van der Waals surface area contributed by atoms with Crippen molar-refractivity contribution in [2.45, 2.75) is 45.3 Å². The van der Waals surface area contributed by atoms with Gasteiger partial charge in [0.1, 0.15) is 5.82 Å². The van der Waals surface area contributed by atoms with E-state index in [2.05, 4.69) is 33.2 Å². The Morgan fingerprint density at radius 1 is 1.26 bits per heavy atom. The largest absolute Gasteiger partial charge is 0.332 e. The Kier molecular flexibility index (Phi) is 5.41. The number of nitrogens with one attached hydrogen (secondary N) is 1. The lowest BCUT2D eigenvalue weighted by atomic mass is 10.0. The van der Waals surface area contributed by atoms with Gasteiger partial charge in [0.25, 0.3) is 11.5 Å². The first-order valence-corrected chi connectivity index (χ1v) is 11.6. The molecule has 2 aliphatic rings. The summed E-state index contributed by atoms with van der Waals surface area (Å²) in [6.45, 7) is 4.90. The lowest BCUT2D eigenvalue weighted by Crippen LogP contribution is -2.40. The molecular weight excluding hydrogens is 410 g/mol. The maximum atomic E-state index is 12.9. The Labute approximate surface area is 184 Å². The maximum absolute atomic E-state index is 12.9. The smallest absolute Gasteiger partial charge is 0.254 e. The van der Waals surface area contributed by atoms with Crippen LogP contribution in [0.4, 0.5) is 0 Å². The Balaban J connectivity index is 1.40. The highest BCUT2D eigenvalue weighted by molar-refractivity contribution is 7.10. The van der Waals surface area contributed by atoms with E-state index in [1.54, 1.807) is 40.8 Å². The van der Waals surface area contributed by atoms with E-state index in [4.69, 9.17) is 4.98 Å². The second-order valence-corrected chi connectivity index (χ2v) is 9.24. The first kappa shape index (κ1) is 20.1. The molecule has 0 aliphatic carbocycles. The molecule has 0 aromatic carbocycles. The van der Waals surface area contributed by atoms with Gasteiger partial charge in [0.15, 0.2) is 0 Å². The lowest BCUT2D eigenvalue weighted by molar-refractivity contribution is 0.0730. The van der Waals surface area contributed by atoms with Crippen molar-refractivity contribution in [3.05, 3.63) is 79.4 Å². The standard InChI is InChI=1S/C23H25N5O2S/c1-15-7-12-31-20(15)14-27-10-2-3-19(27)21-25-18-13-28(11-6-17(18)22(29)26-21)23(30)16-4-8-24-9-5-16/h4-5,7-9,12,19H,2-3,6,10-11,13-14H2,1H3,(H,25,26,29)/t19-/m0/s1. The molecule has 0 saturated carbocycles. The van der Waals surface area contributed by atoms with Crippen LogP contribution >= 0.6 is 11.3 Å². The van der Waals surface area contributed by atoms with Crippen LogP contribution in [0, 0.1) is 6.92 Å². The number of rotatable bonds is 4. The summed E-state index contributed by atoms with van der Waals surface area (Å²) in [5, 5.41) is 2.13. The van der Waals surface area contributed by atoms with E-state index >= 15 is 0 Å². The molecule has 1 atom stereocenters. The molecule has 3 aromatic rings. The van der Waals surface area contributed by atoms with Gasteiger partial charge < -0.3 is 9.88 Å². The van der Waals surface area contributed by atoms with Crippen molar-refractivity contribution in [1.29, 1.82) is 0 Å². The highest BCUT2D eigenvalue weighted by Gasteiger charge is 2.31. The number of thiophene rings is 1. The van der Waals surface area contributed by atoms with Crippen molar-refractivity contribution in [1.82, 2.24) is 24.8 Å². The summed E-state index contributed by atoms with van der Waals surface area (Å²) in [5.74, 6) is 0.681. The molecule has 0 bridgehead atoms. The highest BCUT2D eigenvalue weighted by Crippen LogP contribution is 2.33. The van der Waals surface area contributed by atoms with Crippen LogP contribution < -0.4 is 5.56 Å². The molecule has 8 heteroatoms. The van der Waals surface area contributed by atoms with Gasteiger partial charge in [-0.05, 0) is 61.9 Å². The van der Waals surface area contributed by atoms with Crippen molar-refractivity contribution in [3.8, 4) is 0 Å². The predicted octanol–water partition coefficient (Wildman–Crippen LogP) is 3.07. The fourth-order valence-electron chi connectivity index (χ4n) is 4.54. The van der Waals surface area contributed by atoms with Gasteiger partial charge in [0, 0.05) is 41.5 Å². The van der Waals surface area contributed by atoms with Crippen molar-refractivity contribution in [3.63, 3.8) is 0 Å². The molecule has 0 spiro atoms. The van der Waals surface area contributed by atoms with Crippen LogP contribution in [-0.4, -0.2) is 43.7 Å². The molecule has 1 fully saturated rings. The molecule has 2 aliphatic heterocycles. The molecular formula is C23H25N5O2S. The second kappa shape index (κ2) is 8.36. The molecule has 5 rings (SSSR count). The van der Waals surface area contributed by atoms with Crippen molar-refractivity contribution in [2.24, 2.45) is 0 Å². The number of amides is 1. The monoisotopic (exact) mass is 435 g/mol. The SMILES string of the molecule is Cc1ccsc1CN1CCC[C@H]1c1nc2c(c(=O)[nH]1)CCN(C(=O)c1ccncc1)C2. The fraction of sp³-hybridized carbons (Fsp3) is 0.391. The molecule has 3 aromatic heterocycles. The van der Waals surface area contributed by atoms with Crippen LogP contribution in [0.2, 0.25) is 0 Å². The van der Waals surface area contributed by atoms with Gasteiger partial charge in [-0.1, -0.05) is 0 Å². The van der Waals surface area contributed by atoms with Crippen molar-refractivity contribution < 1.29 is 4.79 Å². The summed E-state index contributed by atoms with van der Waals surface area (Å²) in [7, 11) is 0. The lowest BCUT2D eigenvalue weighted by Gasteiger charge is -2.29. The molecule has 0 unspecified atom stereocenters. The van der Waals surface area contributed by atoms with Crippen LogP contribution in [0.5, 0.6) is 0 Å². The third kappa shape index (κ3) is 3.93. The quantitative estimate of drug-likeness (QED) is 0.681. The number of likely N-dealkylation sites (tertiary alicyclic amines) is 1. The zero-order valence-corrected chi connectivity index (χ0v) is 18.3. The van der Waals surface area contributed by atoms with Crippen LogP contribution in [0.15, 0.2) is 40.8 Å². The summed E-state index contributed by atoms with van der Waals surface area (Å²) < 4.78 is 0. The van der Waals surface area contributed by atoms with Gasteiger partial charge in [-0.2, -0.15) is 0 Å². The Morgan fingerprint density at radius 3 is 2.87 bits per heavy atom. The molecule has 31 heavy (non-hydrogen) atoms. The Morgan fingerprint density at radius 2 is 2.10 bits per heavy atom. The summed E-state index contributed by atoms with van der Waals surface area (Å²) in [4.78, 5) is 43.2. The van der Waals surface area contributed by atoms with E-state index in [0.717, 1.165) is 37.4 Å². The van der Waals surface area contributed by atoms with Gasteiger partial charge in [-0.15, -0.1) is 11.3 Å². The predicted molar refractivity (Wildman–Crippen MR) is 119 cm³/mol. The number of aromatic amines is 1. The van der Waals surface area contributed by atoms with Gasteiger partial charge in [-0.25, -0.2) is 4.98 Å². The number of hydrogen-bond acceptors (Lipinski definition) is 6. The average molecular weight is 436 g/mol. The van der Waals surface area contributed by atoms with Crippen LogP contribution in [0.25, 0.3) is 0 Å². The van der Waals surface area contributed by atoms with E-state index in [1.807, 2.05) is 0 Å². The van der Waals surface area contributed by atoms with Gasteiger partial charge in [0.05, 0.1) is 18.3 Å². The number of fused-ring (bicyclic) bond motifs is 1. The molecule has 1 saturated heterocycles. The number of aromatic nitrogens is 3. The maximum Gasteiger partial charge on any atom is 0.254 e. The van der Waals surface area contributed by atoms with Crippen LogP contribution in [0.1, 0.15) is 56.8 Å². The number of nitrogens with zero attached hydrogens (tertiary/aromatic N) is 4. The van der Waals surface area contributed by atoms with Crippen molar-refractivity contribution >= 4 is 17.2 Å². The Bertz CT molecular complexity index is 1160. The number of hydrogen-bond donors (Lipinski definition) is 1. The van der Waals surface area contributed by atoms with Crippen molar-refractivity contribution in [2.75, 3.05) is 13.1 Å². The van der Waals surface area contributed by atoms with E-state index < -0.39 is 0 Å². The van der Waals surface area contributed by atoms with E-state index in [0.29, 0.717) is 30.6 Å². The van der Waals surface area contributed by atoms with Gasteiger partial charge in [-0.3, -0.25) is 19.5 Å².